The van der Waals surface area contributed by atoms with Crippen LogP contribution in [0, 0.1) is 5.92 Å². The van der Waals surface area contributed by atoms with Crippen molar-refractivity contribution >= 4 is 40.9 Å². The molecule has 0 saturated heterocycles. The second-order valence-electron chi connectivity index (χ2n) is 6.09. The maximum atomic E-state index is 12.2. The summed E-state index contributed by atoms with van der Waals surface area (Å²) in [5.74, 6) is 1.28. The van der Waals surface area contributed by atoms with Crippen LogP contribution in [0.15, 0.2) is 23.4 Å². The maximum Gasteiger partial charge on any atom is 0.252 e. The molecule has 0 unspecified atom stereocenters. The summed E-state index contributed by atoms with van der Waals surface area (Å²) >= 11 is 13.5. The molecule has 5 nitrogen and oxygen atoms in total. The number of nitrogens with zero attached hydrogens (tertiary/aromatic N) is 3. The monoisotopic (exact) mass is 400 g/mol. The van der Waals surface area contributed by atoms with E-state index in [4.69, 9.17) is 23.2 Å². The van der Waals surface area contributed by atoms with Crippen molar-refractivity contribution in [2.24, 2.45) is 5.92 Å². The van der Waals surface area contributed by atoms with Gasteiger partial charge in [0.05, 0.1) is 10.6 Å². The molecule has 1 N–H and O–H groups in total. The lowest BCUT2D eigenvalue weighted by molar-refractivity contribution is 0.0953. The summed E-state index contributed by atoms with van der Waals surface area (Å²) in [6.45, 7) is 5.78. The van der Waals surface area contributed by atoms with Gasteiger partial charge in [0.25, 0.3) is 5.91 Å². The Balaban J connectivity index is 1.89. The first-order chi connectivity index (χ1) is 11.9. The normalized spacial score (nSPS) is 11.1. The highest BCUT2D eigenvalue weighted by Crippen LogP contribution is 2.21. The van der Waals surface area contributed by atoms with E-state index in [9.17, 15) is 4.79 Å². The molecule has 0 saturated carbocycles. The lowest BCUT2D eigenvalue weighted by Gasteiger charge is -2.12. The molecular weight excluding hydrogens is 379 g/mol. The van der Waals surface area contributed by atoms with Crippen LogP contribution >= 0.6 is 35.0 Å². The van der Waals surface area contributed by atoms with Crippen LogP contribution in [0.4, 0.5) is 0 Å². The molecule has 1 aromatic carbocycles. The van der Waals surface area contributed by atoms with Gasteiger partial charge in [0.2, 0.25) is 0 Å². The van der Waals surface area contributed by atoms with Gasteiger partial charge in [0.1, 0.15) is 5.82 Å². The molecule has 0 fully saturated rings. The van der Waals surface area contributed by atoms with E-state index in [1.807, 2.05) is 6.26 Å². The topological polar surface area (TPSA) is 59.8 Å². The predicted molar refractivity (Wildman–Crippen MR) is 104 cm³/mol. The van der Waals surface area contributed by atoms with Crippen LogP contribution in [0.25, 0.3) is 0 Å². The largest absolute Gasteiger partial charge is 0.352 e. The highest BCUT2D eigenvalue weighted by Gasteiger charge is 2.13. The van der Waals surface area contributed by atoms with Gasteiger partial charge in [0.15, 0.2) is 5.16 Å². The Hall–Kier alpha value is -1.24. The zero-order valence-corrected chi connectivity index (χ0v) is 16.9. The molecular formula is C17H22Cl2N4OS. The minimum Gasteiger partial charge on any atom is -0.352 e. The summed E-state index contributed by atoms with van der Waals surface area (Å²) in [7, 11) is 0. The number of carbonyl (C=O) groups excluding carboxylic acids is 1. The van der Waals surface area contributed by atoms with E-state index in [1.165, 1.54) is 0 Å². The number of halogens is 2. The van der Waals surface area contributed by atoms with E-state index < -0.39 is 0 Å². The molecule has 0 aliphatic carbocycles. The fraction of sp³-hybridized carbons (Fsp3) is 0.471. The van der Waals surface area contributed by atoms with Gasteiger partial charge >= 0.3 is 0 Å². The molecule has 1 amide bonds. The first kappa shape index (κ1) is 20.1. The van der Waals surface area contributed by atoms with E-state index in [0.717, 1.165) is 30.4 Å². The molecule has 0 bridgehead atoms. The van der Waals surface area contributed by atoms with Crippen molar-refractivity contribution in [1.82, 2.24) is 20.1 Å². The summed E-state index contributed by atoms with van der Waals surface area (Å²) in [5.41, 5.74) is 0.429. The van der Waals surface area contributed by atoms with Gasteiger partial charge in [-0.25, -0.2) is 0 Å². The van der Waals surface area contributed by atoms with Crippen molar-refractivity contribution in [3.63, 3.8) is 0 Å². The molecule has 0 spiro atoms. The maximum absolute atomic E-state index is 12.2. The second kappa shape index (κ2) is 9.46. The first-order valence-electron chi connectivity index (χ1n) is 8.11. The third kappa shape index (κ3) is 5.62. The number of aromatic nitrogens is 3. The molecule has 0 aliphatic rings. The Labute approximate surface area is 162 Å². The SMILES string of the molecule is CSc1nnc(CCCNC(=O)c2ccc(Cl)cc2Cl)n1CC(C)C. The molecule has 136 valence electrons. The Morgan fingerprint density at radius 3 is 2.72 bits per heavy atom. The number of rotatable bonds is 8. The molecule has 8 heteroatoms. The quantitative estimate of drug-likeness (QED) is 0.529. The number of hydrogen-bond acceptors (Lipinski definition) is 4. The average Bonchev–Trinajstić information content (AvgIpc) is 2.92. The number of benzene rings is 1. The van der Waals surface area contributed by atoms with Crippen molar-refractivity contribution in [1.29, 1.82) is 0 Å². The molecule has 2 aromatic rings. The third-order valence-corrected chi connectivity index (χ3v) is 4.78. The number of thioether (sulfide) groups is 1. The average molecular weight is 401 g/mol. The van der Waals surface area contributed by atoms with Crippen LogP contribution in [0.2, 0.25) is 10.0 Å². The predicted octanol–water partition coefficient (Wildman–Crippen LogP) is 4.33. The standard InChI is InChI=1S/C17H22Cl2N4OS/c1-11(2)10-23-15(21-22-17(23)25-3)5-4-8-20-16(24)13-7-6-12(18)9-14(13)19/h6-7,9,11H,4-5,8,10H2,1-3H3,(H,20,24). The number of aryl methyl sites for hydroxylation is 1. The van der Waals surface area contributed by atoms with Crippen LogP contribution in [0.5, 0.6) is 0 Å². The van der Waals surface area contributed by atoms with E-state index >= 15 is 0 Å². The minimum atomic E-state index is -0.199. The Bertz CT molecular complexity index is 733. The summed E-state index contributed by atoms with van der Waals surface area (Å²) in [4.78, 5) is 12.2. The minimum absolute atomic E-state index is 0.199. The van der Waals surface area contributed by atoms with Gasteiger partial charge in [-0.05, 0) is 36.8 Å². The zero-order valence-electron chi connectivity index (χ0n) is 14.6. The Morgan fingerprint density at radius 1 is 1.32 bits per heavy atom. The number of hydrogen-bond donors (Lipinski definition) is 1. The smallest absolute Gasteiger partial charge is 0.252 e. The first-order valence-corrected chi connectivity index (χ1v) is 10.1. The molecule has 1 heterocycles. The van der Waals surface area contributed by atoms with Crippen LogP contribution in [0.3, 0.4) is 0 Å². The van der Waals surface area contributed by atoms with E-state index in [0.29, 0.717) is 28.1 Å². The van der Waals surface area contributed by atoms with Gasteiger partial charge < -0.3 is 9.88 Å². The molecule has 0 radical (unpaired) electrons. The van der Waals surface area contributed by atoms with Crippen molar-refractivity contribution in [3.05, 3.63) is 39.6 Å². The highest BCUT2D eigenvalue weighted by atomic mass is 35.5. The summed E-state index contributed by atoms with van der Waals surface area (Å²) in [6, 6.07) is 4.85. The zero-order chi connectivity index (χ0) is 18.4. The van der Waals surface area contributed by atoms with Gasteiger partial charge in [-0.15, -0.1) is 10.2 Å². The van der Waals surface area contributed by atoms with Gasteiger partial charge in [-0.3, -0.25) is 4.79 Å². The number of carbonyl (C=O) groups is 1. The van der Waals surface area contributed by atoms with Crippen molar-refractivity contribution < 1.29 is 4.79 Å². The van der Waals surface area contributed by atoms with Gasteiger partial charge in [-0.2, -0.15) is 0 Å². The second-order valence-corrected chi connectivity index (χ2v) is 7.71. The van der Waals surface area contributed by atoms with Crippen molar-refractivity contribution in [2.75, 3.05) is 12.8 Å². The van der Waals surface area contributed by atoms with Gasteiger partial charge in [-0.1, -0.05) is 48.8 Å². The van der Waals surface area contributed by atoms with Crippen LogP contribution < -0.4 is 5.32 Å². The van der Waals surface area contributed by atoms with E-state index in [-0.39, 0.29) is 5.91 Å². The van der Waals surface area contributed by atoms with Crippen molar-refractivity contribution in [3.8, 4) is 0 Å². The van der Waals surface area contributed by atoms with Crippen LogP contribution in [0.1, 0.15) is 36.5 Å². The Kier molecular flexibility index (Phi) is 7.59. The molecule has 2 rings (SSSR count). The highest BCUT2D eigenvalue weighted by molar-refractivity contribution is 7.98. The summed E-state index contributed by atoms with van der Waals surface area (Å²) in [5, 5.41) is 13.2. The fourth-order valence-corrected chi connectivity index (χ4v) is 3.44. The van der Waals surface area contributed by atoms with Crippen molar-refractivity contribution in [2.45, 2.75) is 38.4 Å². The van der Waals surface area contributed by atoms with E-state index in [1.54, 1.807) is 30.0 Å². The molecule has 25 heavy (non-hydrogen) atoms. The molecule has 0 atom stereocenters. The Morgan fingerprint density at radius 2 is 2.08 bits per heavy atom. The van der Waals surface area contributed by atoms with Gasteiger partial charge in [0, 0.05) is 24.5 Å². The molecule has 1 aromatic heterocycles. The van der Waals surface area contributed by atoms with Crippen LogP contribution in [-0.4, -0.2) is 33.5 Å². The third-order valence-electron chi connectivity index (χ3n) is 3.56. The summed E-state index contributed by atoms with van der Waals surface area (Å²) < 4.78 is 2.16. The summed E-state index contributed by atoms with van der Waals surface area (Å²) in [6.07, 6.45) is 3.54. The van der Waals surface area contributed by atoms with Crippen LogP contribution in [-0.2, 0) is 13.0 Å². The molecule has 0 aliphatic heterocycles. The fourth-order valence-electron chi connectivity index (χ4n) is 2.42. The lowest BCUT2D eigenvalue weighted by Crippen LogP contribution is -2.25. The number of amides is 1. The number of nitrogens with one attached hydrogen (secondary N) is 1. The lowest BCUT2D eigenvalue weighted by atomic mass is 10.2. The van der Waals surface area contributed by atoms with E-state index in [2.05, 4.69) is 33.9 Å².